The molecule has 136 valence electrons. The van der Waals surface area contributed by atoms with Crippen molar-refractivity contribution in [1.82, 2.24) is 4.90 Å². The van der Waals surface area contributed by atoms with Crippen LogP contribution in [0, 0.1) is 0 Å². The summed E-state index contributed by atoms with van der Waals surface area (Å²) in [5, 5.41) is 0. The van der Waals surface area contributed by atoms with Gasteiger partial charge in [-0.05, 0) is 74.5 Å². The van der Waals surface area contributed by atoms with Gasteiger partial charge in [0.15, 0.2) is 5.78 Å². The average molecular weight is 351 g/mol. The lowest BCUT2D eigenvalue weighted by Crippen LogP contribution is -2.19. The molecular formula is C22H25NO3. The standard InChI is InChI=1S/C22H25NO3/c1-23(2)12-13-26-19-8-4-16(5-9-19)14-18-7-6-17-15-20(25-3)10-11-21(17)22(18)24/h4-5,8-11,14-15H,6-7,12-13H2,1-3H3. The molecule has 0 amide bonds. The number of ketones is 1. The molecule has 0 heterocycles. The summed E-state index contributed by atoms with van der Waals surface area (Å²) in [5.41, 5.74) is 3.72. The summed E-state index contributed by atoms with van der Waals surface area (Å²) in [7, 11) is 5.69. The zero-order valence-electron chi connectivity index (χ0n) is 15.6. The molecule has 0 unspecified atom stereocenters. The quantitative estimate of drug-likeness (QED) is 0.741. The highest BCUT2D eigenvalue weighted by Crippen LogP contribution is 2.29. The molecule has 3 rings (SSSR count). The molecule has 0 saturated heterocycles. The van der Waals surface area contributed by atoms with Gasteiger partial charge in [0.1, 0.15) is 18.1 Å². The van der Waals surface area contributed by atoms with Crippen LogP contribution in [-0.4, -0.2) is 45.0 Å². The lowest BCUT2D eigenvalue weighted by molar-refractivity contribution is 0.102. The molecule has 1 aliphatic carbocycles. The highest BCUT2D eigenvalue weighted by molar-refractivity contribution is 6.13. The minimum atomic E-state index is 0.111. The van der Waals surface area contributed by atoms with Crippen molar-refractivity contribution in [2.45, 2.75) is 12.8 Å². The van der Waals surface area contributed by atoms with Gasteiger partial charge < -0.3 is 14.4 Å². The third kappa shape index (κ3) is 4.33. The van der Waals surface area contributed by atoms with Gasteiger partial charge in [-0.2, -0.15) is 0 Å². The lowest BCUT2D eigenvalue weighted by Gasteiger charge is -2.18. The second-order valence-corrected chi connectivity index (χ2v) is 6.74. The number of carbonyl (C=O) groups excluding carboxylic acids is 1. The molecule has 0 bridgehead atoms. The molecule has 0 atom stereocenters. The van der Waals surface area contributed by atoms with E-state index in [1.807, 2.05) is 62.6 Å². The van der Waals surface area contributed by atoms with E-state index in [0.29, 0.717) is 6.61 Å². The van der Waals surface area contributed by atoms with Crippen LogP contribution in [0.2, 0.25) is 0 Å². The van der Waals surface area contributed by atoms with Crippen molar-refractivity contribution in [3.05, 3.63) is 64.7 Å². The second-order valence-electron chi connectivity index (χ2n) is 6.74. The molecule has 0 N–H and O–H groups in total. The number of methoxy groups -OCH3 is 1. The fraction of sp³-hybridized carbons (Fsp3) is 0.318. The summed E-state index contributed by atoms with van der Waals surface area (Å²) in [5.74, 6) is 1.76. The Balaban J connectivity index is 1.71. The molecule has 26 heavy (non-hydrogen) atoms. The predicted octanol–water partition coefficient (Wildman–Crippen LogP) is 3.85. The minimum Gasteiger partial charge on any atom is -0.497 e. The lowest BCUT2D eigenvalue weighted by atomic mass is 9.86. The normalized spacial score (nSPS) is 15.2. The Labute approximate surface area is 155 Å². The highest BCUT2D eigenvalue weighted by Gasteiger charge is 2.22. The maximum absolute atomic E-state index is 12.8. The first-order chi connectivity index (χ1) is 12.6. The molecule has 0 spiro atoms. The predicted molar refractivity (Wildman–Crippen MR) is 104 cm³/mol. The number of hydrogen-bond acceptors (Lipinski definition) is 4. The summed E-state index contributed by atoms with van der Waals surface area (Å²) in [4.78, 5) is 14.8. The van der Waals surface area contributed by atoms with Crippen molar-refractivity contribution in [3.63, 3.8) is 0 Å². The number of rotatable bonds is 6. The Morgan fingerprint density at radius 1 is 1.04 bits per heavy atom. The molecule has 0 fully saturated rings. The number of nitrogens with zero attached hydrogens (tertiary/aromatic N) is 1. The van der Waals surface area contributed by atoms with Crippen LogP contribution in [0.25, 0.3) is 6.08 Å². The molecule has 4 nitrogen and oxygen atoms in total. The summed E-state index contributed by atoms with van der Waals surface area (Å²) in [6.45, 7) is 1.54. The van der Waals surface area contributed by atoms with Gasteiger partial charge in [-0.15, -0.1) is 0 Å². The average Bonchev–Trinajstić information content (AvgIpc) is 2.65. The van der Waals surface area contributed by atoms with Gasteiger partial charge >= 0.3 is 0 Å². The number of aryl methyl sites for hydroxylation is 1. The fourth-order valence-electron chi connectivity index (χ4n) is 3.03. The number of Topliss-reactive ketones (excluding diaryl/α,β-unsaturated/α-hetero) is 1. The number of ether oxygens (including phenoxy) is 2. The van der Waals surface area contributed by atoms with Gasteiger partial charge in [0.25, 0.3) is 0 Å². The SMILES string of the molecule is COc1ccc2c(c1)CCC(=Cc1ccc(OCCN(C)C)cc1)C2=O. The van der Waals surface area contributed by atoms with E-state index >= 15 is 0 Å². The number of hydrogen-bond donors (Lipinski definition) is 0. The van der Waals surface area contributed by atoms with E-state index in [9.17, 15) is 4.79 Å². The molecule has 1 aliphatic rings. The van der Waals surface area contributed by atoms with Crippen LogP contribution in [-0.2, 0) is 6.42 Å². The fourth-order valence-corrected chi connectivity index (χ4v) is 3.03. The first kappa shape index (κ1) is 18.2. The van der Waals surface area contributed by atoms with E-state index in [0.717, 1.165) is 53.1 Å². The maximum Gasteiger partial charge on any atom is 0.189 e. The zero-order chi connectivity index (χ0) is 18.5. The third-order valence-corrected chi connectivity index (χ3v) is 4.54. The molecule has 0 aromatic heterocycles. The first-order valence-electron chi connectivity index (χ1n) is 8.86. The van der Waals surface area contributed by atoms with Gasteiger partial charge in [-0.3, -0.25) is 4.79 Å². The van der Waals surface area contributed by atoms with Crippen molar-refractivity contribution in [1.29, 1.82) is 0 Å². The van der Waals surface area contributed by atoms with Crippen LogP contribution in [0.4, 0.5) is 0 Å². The Bertz CT molecular complexity index is 807. The van der Waals surface area contributed by atoms with Crippen molar-refractivity contribution in [2.24, 2.45) is 0 Å². The van der Waals surface area contributed by atoms with Crippen LogP contribution in [0.1, 0.15) is 27.9 Å². The van der Waals surface area contributed by atoms with E-state index in [2.05, 4.69) is 4.90 Å². The summed E-state index contributed by atoms with van der Waals surface area (Å²) >= 11 is 0. The first-order valence-corrected chi connectivity index (χ1v) is 8.86. The second kappa shape index (κ2) is 8.19. The van der Waals surface area contributed by atoms with E-state index in [4.69, 9.17) is 9.47 Å². The van der Waals surface area contributed by atoms with Crippen molar-refractivity contribution in [3.8, 4) is 11.5 Å². The van der Waals surface area contributed by atoms with Crippen LogP contribution in [0.5, 0.6) is 11.5 Å². The number of carbonyl (C=O) groups is 1. The number of allylic oxidation sites excluding steroid dienone is 1. The molecule has 2 aromatic carbocycles. The smallest absolute Gasteiger partial charge is 0.189 e. The van der Waals surface area contributed by atoms with Gasteiger partial charge in [0, 0.05) is 17.7 Å². The maximum atomic E-state index is 12.8. The Kier molecular flexibility index (Phi) is 5.74. The van der Waals surface area contributed by atoms with Crippen LogP contribution in [0.15, 0.2) is 48.0 Å². The van der Waals surface area contributed by atoms with Gasteiger partial charge in [0.05, 0.1) is 7.11 Å². The molecule has 0 aliphatic heterocycles. The van der Waals surface area contributed by atoms with E-state index in [1.165, 1.54) is 0 Å². The molecule has 0 saturated carbocycles. The van der Waals surface area contributed by atoms with Crippen LogP contribution < -0.4 is 9.47 Å². The molecular weight excluding hydrogens is 326 g/mol. The molecule has 4 heteroatoms. The largest absolute Gasteiger partial charge is 0.497 e. The van der Waals surface area contributed by atoms with Gasteiger partial charge in [-0.1, -0.05) is 12.1 Å². The van der Waals surface area contributed by atoms with E-state index < -0.39 is 0 Å². The van der Waals surface area contributed by atoms with Gasteiger partial charge in [-0.25, -0.2) is 0 Å². The van der Waals surface area contributed by atoms with Crippen molar-refractivity contribution in [2.75, 3.05) is 34.4 Å². The minimum absolute atomic E-state index is 0.111. The number of likely N-dealkylation sites (N-methyl/N-ethyl adjacent to an activating group) is 1. The molecule has 0 radical (unpaired) electrons. The number of benzene rings is 2. The van der Waals surface area contributed by atoms with Gasteiger partial charge in [0.2, 0.25) is 0 Å². The summed E-state index contributed by atoms with van der Waals surface area (Å²) < 4.78 is 11.0. The highest BCUT2D eigenvalue weighted by atomic mass is 16.5. The summed E-state index contributed by atoms with van der Waals surface area (Å²) in [6.07, 6.45) is 3.59. The Morgan fingerprint density at radius 3 is 2.46 bits per heavy atom. The van der Waals surface area contributed by atoms with Crippen molar-refractivity contribution < 1.29 is 14.3 Å². The van der Waals surface area contributed by atoms with Crippen molar-refractivity contribution >= 4 is 11.9 Å². The molecule has 2 aromatic rings. The van der Waals surface area contributed by atoms with E-state index in [-0.39, 0.29) is 5.78 Å². The third-order valence-electron chi connectivity index (χ3n) is 4.54. The summed E-state index contributed by atoms with van der Waals surface area (Å²) in [6, 6.07) is 13.6. The topological polar surface area (TPSA) is 38.8 Å². The number of fused-ring (bicyclic) bond motifs is 1. The Hall–Kier alpha value is -2.59. The Morgan fingerprint density at radius 2 is 1.77 bits per heavy atom. The zero-order valence-corrected chi connectivity index (χ0v) is 15.6. The van der Waals surface area contributed by atoms with Crippen LogP contribution >= 0.6 is 0 Å². The van der Waals surface area contributed by atoms with Crippen LogP contribution in [0.3, 0.4) is 0 Å². The van der Waals surface area contributed by atoms with E-state index in [1.54, 1.807) is 7.11 Å². The monoisotopic (exact) mass is 351 g/mol.